The Morgan fingerprint density at radius 2 is 2.16 bits per heavy atom. The molecule has 0 saturated heterocycles. The van der Waals surface area contributed by atoms with Gasteiger partial charge in [-0.1, -0.05) is 35.0 Å². The molecule has 0 aliphatic heterocycles. The van der Waals surface area contributed by atoms with Crippen LogP contribution in [-0.2, 0) is 24.7 Å². The fourth-order valence-electron chi connectivity index (χ4n) is 1.92. The van der Waals surface area contributed by atoms with Crippen LogP contribution in [0.1, 0.15) is 11.3 Å². The zero-order valence-corrected chi connectivity index (χ0v) is 11.2. The van der Waals surface area contributed by atoms with E-state index < -0.39 is 11.9 Å². The van der Waals surface area contributed by atoms with Crippen LogP contribution in [0.5, 0.6) is 0 Å². The lowest BCUT2D eigenvalue weighted by atomic mass is 9.95. The van der Waals surface area contributed by atoms with Gasteiger partial charge in [-0.05, 0) is 18.1 Å². The van der Waals surface area contributed by atoms with Crippen LogP contribution < -0.4 is 0 Å². The quantitative estimate of drug-likeness (QED) is 0.908. The number of rotatable bonds is 5. The van der Waals surface area contributed by atoms with E-state index in [0.717, 1.165) is 5.56 Å². The Balaban J connectivity index is 2.13. The molecular weight excluding hydrogens is 266 g/mol. The molecule has 2 aromatic rings. The first-order valence-electron chi connectivity index (χ1n) is 5.87. The fraction of sp³-hybridized carbons (Fsp3) is 0.308. The number of hydrogen-bond acceptors (Lipinski definition) is 3. The number of halogens is 1. The van der Waals surface area contributed by atoms with Crippen LogP contribution in [0, 0.1) is 5.92 Å². The number of aliphatic carboxylic acids is 1. The van der Waals surface area contributed by atoms with E-state index in [1.54, 1.807) is 24.0 Å². The zero-order valence-electron chi connectivity index (χ0n) is 10.5. The van der Waals surface area contributed by atoms with Crippen molar-refractivity contribution in [2.75, 3.05) is 0 Å². The van der Waals surface area contributed by atoms with Gasteiger partial charge >= 0.3 is 5.97 Å². The van der Waals surface area contributed by atoms with Gasteiger partial charge in [0, 0.05) is 24.7 Å². The lowest BCUT2D eigenvalue weighted by molar-refractivity contribution is -0.141. The first kappa shape index (κ1) is 13.5. The summed E-state index contributed by atoms with van der Waals surface area (Å²) in [6.07, 6.45) is 2.45. The standard InChI is InChI=1S/C13H14ClN3O2/c1-17-8-11(15-16-17)7-10(13(18)19)6-9-4-2-3-5-12(9)14/h2-5,8,10H,6-7H2,1H3,(H,18,19). The molecule has 0 fully saturated rings. The van der Waals surface area contributed by atoms with Gasteiger partial charge in [0.2, 0.25) is 0 Å². The minimum Gasteiger partial charge on any atom is -0.481 e. The van der Waals surface area contributed by atoms with Crippen molar-refractivity contribution in [1.29, 1.82) is 0 Å². The van der Waals surface area contributed by atoms with Crippen LogP contribution in [-0.4, -0.2) is 26.1 Å². The molecule has 2 rings (SSSR count). The van der Waals surface area contributed by atoms with Gasteiger partial charge in [0.25, 0.3) is 0 Å². The molecule has 6 heteroatoms. The minimum atomic E-state index is -0.856. The summed E-state index contributed by atoms with van der Waals surface area (Å²) in [5.41, 5.74) is 1.50. The normalized spacial score (nSPS) is 12.3. The molecule has 0 amide bonds. The summed E-state index contributed by atoms with van der Waals surface area (Å²) in [5.74, 6) is -1.41. The van der Waals surface area contributed by atoms with Gasteiger partial charge in [-0.25, -0.2) is 0 Å². The Morgan fingerprint density at radius 1 is 1.42 bits per heavy atom. The van der Waals surface area contributed by atoms with Crippen molar-refractivity contribution in [3.63, 3.8) is 0 Å². The van der Waals surface area contributed by atoms with Crippen molar-refractivity contribution in [1.82, 2.24) is 15.0 Å². The molecule has 100 valence electrons. The largest absolute Gasteiger partial charge is 0.481 e. The second-order valence-electron chi connectivity index (χ2n) is 4.42. The Morgan fingerprint density at radius 3 is 2.74 bits per heavy atom. The van der Waals surface area contributed by atoms with Gasteiger partial charge in [0.15, 0.2) is 0 Å². The molecule has 1 heterocycles. The summed E-state index contributed by atoms with van der Waals surface area (Å²) < 4.78 is 1.56. The number of carbonyl (C=O) groups is 1. The van der Waals surface area contributed by atoms with Gasteiger partial charge in [-0.3, -0.25) is 9.48 Å². The minimum absolute atomic E-state index is 0.342. The van der Waals surface area contributed by atoms with Gasteiger partial charge in [0.1, 0.15) is 0 Å². The van der Waals surface area contributed by atoms with Gasteiger partial charge in [-0.2, -0.15) is 0 Å². The molecule has 5 nitrogen and oxygen atoms in total. The molecule has 1 aromatic carbocycles. The van der Waals surface area contributed by atoms with Gasteiger partial charge < -0.3 is 5.11 Å². The van der Waals surface area contributed by atoms with Crippen molar-refractivity contribution < 1.29 is 9.90 Å². The summed E-state index contributed by atoms with van der Waals surface area (Å²) in [6.45, 7) is 0. The molecule has 0 spiro atoms. The highest BCUT2D eigenvalue weighted by Gasteiger charge is 2.21. The van der Waals surface area contributed by atoms with Crippen molar-refractivity contribution >= 4 is 17.6 Å². The summed E-state index contributed by atoms with van der Waals surface area (Å²) in [7, 11) is 1.75. The highest BCUT2D eigenvalue weighted by atomic mass is 35.5. The first-order valence-corrected chi connectivity index (χ1v) is 6.25. The molecule has 1 aromatic heterocycles. The number of hydrogen-bond donors (Lipinski definition) is 1. The molecule has 19 heavy (non-hydrogen) atoms. The summed E-state index contributed by atoms with van der Waals surface area (Å²) in [6, 6.07) is 7.28. The maximum atomic E-state index is 11.3. The number of carboxylic acids is 1. The van der Waals surface area contributed by atoms with E-state index in [1.165, 1.54) is 0 Å². The molecule has 0 aliphatic rings. The number of benzene rings is 1. The molecule has 0 saturated carbocycles. The average molecular weight is 280 g/mol. The topological polar surface area (TPSA) is 68.0 Å². The molecule has 1 unspecified atom stereocenters. The maximum Gasteiger partial charge on any atom is 0.307 e. The molecular formula is C13H14ClN3O2. The van der Waals surface area contributed by atoms with Crippen LogP contribution in [0.3, 0.4) is 0 Å². The number of aromatic nitrogens is 3. The SMILES string of the molecule is Cn1cc(CC(Cc2ccccc2Cl)C(=O)O)nn1. The van der Waals surface area contributed by atoms with Gasteiger partial charge in [-0.15, -0.1) is 5.10 Å². The van der Waals surface area contributed by atoms with Crippen LogP contribution in [0.2, 0.25) is 5.02 Å². The monoisotopic (exact) mass is 279 g/mol. The summed E-state index contributed by atoms with van der Waals surface area (Å²) in [5, 5.41) is 17.6. The average Bonchev–Trinajstić information content (AvgIpc) is 2.76. The van der Waals surface area contributed by atoms with Crippen LogP contribution in [0.4, 0.5) is 0 Å². The fourth-order valence-corrected chi connectivity index (χ4v) is 2.13. The van der Waals surface area contributed by atoms with E-state index in [0.29, 0.717) is 23.6 Å². The van der Waals surface area contributed by atoms with Crippen LogP contribution in [0.15, 0.2) is 30.5 Å². The van der Waals surface area contributed by atoms with Crippen molar-refractivity contribution in [3.05, 3.63) is 46.7 Å². The third kappa shape index (κ3) is 3.54. The second kappa shape index (κ2) is 5.84. The molecule has 0 aliphatic carbocycles. The summed E-state index contributed by atoms with van der Waals surface area (Å²) >= 11 is 6.06. The Kier molecular flexibility index (Phi) is 4.16. The molecule has 0 radical (unpaired) electrons. The Hall–Kier alpha value is -1.88. The third-order valence-corrected chi connectivity index (χ3v) is 3.25. The van der Waals surface area contributed by atoms with Crippen molar-refractivity contribution in [2.24, 2.45) is 13.0 Å². The number of nitrogens with zero attached hydrogens (tertiary/aromatic N) is 3. The Labute approximate surface area is 115 Å². The van der Waals surface area contributed by atoms with E-state index in [-0.39, 0.29) is 0 Å². The Bertz CT molecular complexity index is 583. The first-order chi connectivity index (χ1) is 9.06. The van der Waals surface area contributed by atoms with E-state index >= 15 is 0 Å². The highest BCUT2D eigenvalue weighted by molar-refractivity contribution is 6.31. The van der Waals surface area contributed by atoms with E-state index in [1.807, 2.05) is 18.2 Å². The second-order valence-corrected chi connectivity index (χ2v) is 4.83. The van der Waals surface area contributed by atoms with Crippen LogP contribution in [0.25, 0.3) is 0 Å². The van der Waals surface area contributed by atoms with Crippen molar-refractivity contribution in [2.45, 2.75) is 12.8 Å². The molecule has 1 atom stereocenters. The highest BCUT2D eigenvalue weighted by Crippen LogP contribution is 2.20. The lowest BCUT2D eigenvalue weighted by Crippen LogP contribution is -2.19. The maximum absolute atomic E-state index is 11.3. The molecule has 1 N–H and O–H groups in total. The number of carboxylic acid groups (broad SMARTS) is 1. The number of aryl methyl sites for hydroxylation is 1. The third-order valence-electron chi connectivity index (χ3n) is 2.88. The van der Waals surface area contributed by atoms with Crippen molar-refractivity contribution in [3.8, 4) is 0 Å². The predicted molar refractivity (Wildman–Crippen MR) is 71.0 cm³/mol. The van der Waals surface area contributed by atoms with E-state index in [9.17, 15) is 9.90 Å². The zero-order chi connectivity index (χ0) is 13.8. The van der Waals surface area contributed by atoms with Gasteiger partial charge in [0.05, 0.1) is 11.6 Å². The predicted octanol–water partition coefficient (Wildman–Crippen LogP) is 1.95. The summed E-state index contributed by atoms with van der Waals surface area (Å²) in [4.78, 5) is 11.3. The van der Waals surface area contributed by atoms with Crippen LogP contribution >= 0.6 is 11.6 Å². The molecule has 0 bridgehead atoms. The smallest absolute Gasteiger partial charge is 0.307 e. The van der Waals surface area contributed by atoms with E-state index in [4.69, 9.17) is 11.6 Å². The van der Waals surface area contributed by atoms with E-state index in [2.05, 4.69) is 10.3 Å². The lowest BCUT2D eigenvalue weighted by Gasteiger charge is -2.11.